The van der Waals surface area contributed by atoms with Crippen LogP contribution in [0.2, 0.25) is 0 Å². The molecule has 0 aromatic heterocycles. The maximum Gasteiger partial charge on any atom is 0.248 e. The highest BCUT2D eigenvalue weighted by atomic mass is 31.2. The smallest absolute Gasteiger partial charge is 0.248 e. The van der Waals surface area contributed by atoms with E-state index in [4.69, 9.17) is 4.52 Å². The molecule has 3 aliphatic rings. The molecule has 0 radical (unpaired) electrons. The van der Waals surface area contributed by atoms with E-state index in [2.05, 4.69) is 100 Å². The Morgan fingerprint density at radius 2 is 0.972 bits per heavy atom. The van der Waals surface area contributed by atoms with Crippen LogP contribution < -0.4 is 4.52 Å². The van der Waals surface area contributed by atoms with E-state index in [0.29, 0.717) is 12.1 Å². The Morgan fingerprint density at radius 3 is 1.39 bits per heavy atom. The van der Waals surface area contributed by atoms with E-state index in [-0.39, 0.29) is 0 Å². The van der Waals surface area contributed by atoms with Crippen LogP contribution in [0.25, 0.3) is 0 Å². The van der Waals surface area contributed by atoms with Gasteiger partial charge in [0.05, 0.1) is 0 Å². The molecular weight excluding hydrogens is 459 g/mol. The first-order valence-corrected chi connectivity index (χ1v) is 15.1. The summed E-state index contributed by atoms with van der Waals surface area (Å²) in [6.07, 6.45) is 10.2. The second kappa shape index (κ2) is 11.5. The van der Waals surface area contributed by atoms with Crippen molar-refractivity contribution in [2.45, 2.75) is 63.5 Å². The molecule has 1 saturated heterocycles. The summed E-state index contributed by atoms with van der Waals surface area (Å²) in [6, 6.07) is 33.9. The average Bonchev–Trinajstić information content (AvgIpc) is 3.84. The lowest BCUT2D eigenvalue weighted by molar-refractivity contribution is 0.272. The van der Waals surface area contributed by atoms with Gasteiger partial charge in [-0.05, 0) is 86.5 Å². The Kier molecular flexibility index (Phi) is 7.70. The molecule has 0 N–H and O–H groups in total. The van der Waals surface area contributed by atoms with Gasteiger partial charge in [0.25, 0.3) is 0 Å². The zero-order chi connectivity index (χ0) is 24.2. The number of para-hydroxylation sites is 1. The molecule has 1 heterocycles. The van der Waals surface area contributed by atoms with E-state index in [1.165, 1.54) is 62.7 Å². The molecule has 3 nitrogen and oxygen atoms in total. The summed E-state index contributed by atoms with van der Waals surface area (Å²) < 4.78 is 12.7. The summed E-state index contributed by atoms with van der Waals surface area (Å²) in [5, 5.41) is 0. The highest BCUT2D eigenvalue weighted by molar-refractivity contribution is 7.47. The van der Waals surface area contributed by atoms with Gasteiger partial charge < -0.3 is 4.52 Å². The molecule has 4 heteroatoms. The molecule has 6 rings (SSSR count). The second-order valence-corrected chi connectivity index (χ2v) is 12.8. The van der Waals surface area contributed by atoms with Gasteiger partial charge in [-0.2, -0.15) is 0 Å². The van der Waals surface area contributed by atoms with E-state index in [0.717, 1.165) is 30.4 Å². The van der Waals surface area contributed by atoms with Gasteiger partial charge in [0.1, 0.15) is 5.75 Å². The molecular formula is C32H39N2OP. The zero-order valence-electron chi connectivity index (χ0n) is 21.3. The van der Waals surface area contributed by atoms with Gasteiger partial charge in [-0.25, -0.2) is 9.34 Å². The van der Waals surface area contributed by atoms with Gasteiger partial charge in [-0.1, -0.05) is 78.9 Å². The van der Waals surface area contributed by atoms with E-state index >= 15 is 0 Å². The topological polar surface area (TPSA) is 15.7 Å². The molecule has 2 aliphatic carbocycles. The first-order valence-electron chi connectivity index (χ1n) is 14.0. The molecule has 188 valence electrons. The van der Waals surface area contributed by atoms with Crippen LogP contribution in [0, 0.1) is 11.8 Å². The van der Waals surface area contributed by atoms with Gasteiger partial charge in [0.2, 0.25) is 8.45 Å². The van der Waals surface area contributed by atoms with Gasteiger partial charge in [-0.3, -0.25) is 0 Å². The average molecular weight is 499 g/mol. The van der Waals surface area contributed by atoms with Crippen LogP contribution in [0.15, 0.2) is 91.0 Å². The summed E-state index contributed by atoms with van der Waals surface area (Å²) >= 11 is 0. The Hall–Kier alpha value is -2.19. The third kappa shape index (κ3) is 6.38. The predicted octanol–water partition coefficient (Wildman–Crippen LogP) is 7.73. The van der Waals surface area contributed by atoms with E-state index < -0.39 is 8.45 Å². The summed E-state index contributed by atoms with van der Waals surface area (Å²) in [5.74, 6) is 2.69. The minimum absolute atomic E-state index is 0.519. The van der Waals surface area contributed by atoms with Crippen molar-refractivity contribution in [1.82, 2.24) is 9.34 Å². The maximum atomic E-state index is 7.07. The molecule has 2 atom stereocenters. The molecule has 0 amide bonds. The molecule has 0 bridgehead atoms. The number of hydrogen-bond donors (Lipinski definition) is 0. The van der Waals surface area contributed by atoms with E-state index in [1.54, 1.807) is 0 Å². The van der Waals surface area contributed by atoms with Crippen molar-refractivity contribution in [2.24, 2.45) is 11.8 Å². The summed E-state index contributed by atoms with van der Waals surface area (Å²) in [5.41, 5.74) is 2.90. The van der Waals surface area contributed by atoms with Gasteiger partial charge in [0.15, 0.2) is 0 Å². The predicted molar refractivity (Wildman–Crippen MR) is 150 cm³/mol. The molecule has 0 unspecified atom stereocenters. The molecule has 3 aromatic carbocycles. The lowest BCUT2D eigenvalue weighted by Crippen LogP contribution is -2.41. The summed E-state index contributed by atoms with van der Waals surface area (Å²) in [4.78, 5) is 0. The molecule has 2 saturated carbocycles. The van der Waals surface area contributed by atoms with Crippen LogP contribution >= 0.6 is 8.45 Å². The van der Waals surface area contributed by atoms with Crippen LogP contribution in [0.5, 0.6) is 5.75 Å². The molecule has 3 aromatic rings. The quantitative estimate of drug-likeness (QED) is 0.266. The van der Waals surface area contributed by atoms with Gasteiger partial charge in [-0.15, -0.1) is 0 Å². The zero-order valence-corrected chi connectivity index (χ0v) is 22.2. The third-order valence-corrected chi connectivity index (χ3v) is 10.2. The standard InChI is InChI=1S/C32H39N2OP/c1-4-10-26(11-5-1)22-30-20-21-31(23-27-12-6-2-7-13-27)34(25-29-18-19-29)36(33(30)24-28-16-17-28)35-32-14-8-3-9-15-32/h1-15,28-31H,16-25H2/t30-,31-/m1/s1. The van der Waals surface area contributed by atoms with Crippen LogP contribution in [-0.4, -0.2) is 34.5 Å². The first-order chi connectivity index (χ1) is 17.8. The van der Waals surface area contributed by atoms with Crippen molar-refractivity contribution in [3.8, 4) is 5.75 Å². The van der Waals surface area contributed by atoms with Crippen LogP contribution in [0.3, 0.4) is 0 Å². The minimum atomic E-state index is -0.891. The Morgan fingerprint density at radius 1 is 0.556 bits per heavy atom. The number of hydrogen-bond acceptors (Lipinski definition) is 3. The van der Waals surface area contributed by atoms with Crippen LogP contribution in [-0.2, 0) is 12.8 Å². The van der Waals surface area contributed by atoms with Gasteiger partial charge >= 0.3 is 0 Å². The molecule has 1 aliphatic heterocycles. The van der Waals surface area contributed by atoms with Crippen molar-refractivity contribution in [3.05, 3.63) is 102 Å². The lowest BCUT2D eigenvalue weighted by atomic mass is 9.95. The molecule has 3 fully saturated rings. The normalized spacial score (nSPS) is 23.9. The highest BCUT2D eigenvalue weighted by Crippen LogP contribution is 2.55. The van der Waals surface area contributed by atoms with Crippen molar-refractivity contribution in [3.63, 3.8) is 0 Å². The SMILES string of the molecule is c1ccc(C[C@H]2CC[C@H](Cc3ccccc3)N(CC3CC3)P(Oc3ccccc3)N2CC2CC2)cc1. The summed E-state index contributed by atoms with van der Waals surface area (Å²) in [7, 11) is -0.891. The molecule has 0 spiro atoms. The van der Waals surface area contributed by atoms with Crippen LogP contribution in [0.1, 0.15) is 49.7 Å². The van der Waals surface area contributed by atoms with Crippen molar-refractivity contribution < 1.29 is 4.52 Å². The van der Waals surface area contributed by atoms with E-state index in [9.17, 15) is 0 Å². The van der Waals surface area contributed by atoms with Crippen molar-refractivity contribution in [1.29, 1.82) is 0 Å². The number of benzene rings is 3. The summed E-state index contributed by atoms with van der Waals surface area (Å²) in [6.45, 7) is 2.35. The number of nitrogens with zero attached hydrogens (tertiary/aromatic N) is 2. The molecule has 36 heavy (non-hydrogen) atoms. The van der Waals surface area contributed by atoms with Crippen LogP contribution in [0.4, 0.5) is 0 Å². The fourth-order valence-corrected chi connectivity index (χ4v) is 8.05. The van der Waals surface area contributed by atoms with Crippen molar-refractivity contribution in [2.75, 3.05) is 13.1 Å². The maximum absolute atomic E-state index is 7.07. The fourth-order valence-electron chi connectivity index (χ4n) is 5.55. The fraction of sp³-hybridized carbons (Fsp3) is 0.438. The second-order valence-electron chi connectivity index (χ2n) is 11.1. The largest absolute Gasteiger partial charge is 0.444 e. The Bertz CT molecular complexity index is 1000. The monoisotopic (exact) mass is 498 g/mol. The number of rotatable bonds is 10. The third-order valence-electron chi connectivity index (χ3n) is 7.96. The van der Waals surface area contributed by atoms with E-state index in [1.807, 2.05) is 0 Å². The lowest BCUT2D eigenvalue weighted by Gasteiger charge is -2.41. The van der Waals surface area contributed by atoms with Crippen molar-refractivity contribution >= 4 is 8.45 Å². The minimum Gasteiger partial charge on any atom is -0.444 e. The first kappa shape index (κ1) is 24.2. The van der Waals surface area contributed by atoms with Gasteiger partial charge in [0, 0.05) is 25.2 Å². The Balaban J connectivity index is 1.36. The highest BCUT2D eigenvalue weighted by Gasteiger charge is 2.44. The Labute approximate surface area is 218 Å².